The first-order valence-corrected chi connectivity index (χ1v) is 6.02. The molecule has 0 atom stereocenters. The van der Waals surface area contributed by atoms with Crippen LogP contribution in [0.5, 0.6) is 0 Å². The van der Waals surface area contributed by atoms with Crippen LogP contribution in [0.1, 0.15) is 71.1 Å². The van der Waals surface area contributed by atoms with Gasteiger partial charge in [0.1, 0.15) is 0 Å². The van der Waals surface area contributed by atoms with E-state index in [0.29, 0.717) is 0 Å². The van der Waals surface area contributed by atoms with E-state index in [1.165, 1.54) is 57.8 Å². The molecule has 0 heteroatoms. The van der Waals surface area contributed by atoms with Gasteiger partial charge in [0.2, 0.25) is 0 Å². The number of hydrogen-bond acceptors (Lipinski definition) is 0. The third-order valence-electron chi connectivity index (χ3n) is 2.42. The maximum absolute atomic E-state index is 3.83. The van der Waals surface area contributed by atoms with Gasteiger partial charge < -0.3 is 0 Å². The number of unbranched alkanes of at least 4 members (excludes halogenated alkanes) is 10. The Kier molecular flexibility index (Phi) is 12.0. The third kappa shape index (κ3) is 12.0. The second-order valence-corrected chi connectivity index (χ2v) is 3.84. The maximum Gasteiger partial charge on any atom is -0.0386 e. The zero-order valence-corrected chi connectivity index (χ0v) is 9.36. The summed E-state index contributed by atoms with van der Waals surface area (Å²) in [6.45, 7) is 6.10. The van der Waals surface area contributed by atoms with Crippen molar-refractivity contribution < 1.29 is 0 Å². The van der Waals surface area contributed by atoms with Crippen LogP contribution < -0.4 is 0 Å². The fraction of sp³-hybridized carbons (Fsp3) is 0.846. The Hall–Kier alpha value is 0. The Labute approximate surface area is 85.1 Å². The zero-order chi connectivity index (χ0) is 9.78. The van der Waals surface area contributed by atoms with Crippen molar-refractivity contribution >= 4 is 0 Å². The molecule has 0 aromatic rings. The molecule has 0 rings (SSSR count). The number of rotatable bonds is 10. The normalized spacial score (nSPS) is 10.6. The van der Waals surface area contributed by atoms with Gasteiger partial charge >= 0.3 is 0 Å². The van der Waals surface area contributed by atoms with Crippen molar-refractivity contribution in [1.82, 2.24) is 0 Å². The lowest BCUT2D eigenvalue weighted by Gasteiger charge is -2.00. The standard InChI is InChI=1S/C13H26/c1-3-5-7-9-11-13-12-10-8-6-4-2/h9H,1,3-8,10-13H2,2H3. The lowest BCUT2D eigenvalue weighted by Crippen LogP contribution is -1.81. The minimum absolute atomic E-state index is 1.09. The molecule has 0 nitrogen and oxygen atoms in total. The van der Waals surface area contributed by atoms with E-state index in [1.54, 1.807) is 0 Å². The molecule has 0 aliphatic heterocycles. The first-order valence-electron chi connectivity index (χ1n) is 6.02. The van der Waals surface area contributed by atoms with Gasteiger partial charge in [-0.15, -0.1) is 0 Å². The molecule has 0 bridgehead atoms. The molecule has 0 aliphatic carbocycles. The lowest BCUT2D eigenvalue weighted by atomic mass is 10.1. The summed E-state index contributed by atoms with van der Waals surface area (Å²) < 4.78 is 0. The fourth-order valence-electron chi connectivity index (χ4n) is 1.50. The van der Waals surface area contributed by atoms with Crippen molar-refractivity contribution in [3.05, 3.63) is 13.3 Å². The van der Waals surface area contributed by atoms with E-state index < -0.39 is 0 Å². The molecule has 0 aromatic carbocycles. The summed E-state index contributed by atoms with van der Waals surface area (Å²) in [6.07, 6.45) is 15.9. The largest absolute Gasteiger partial charge is 0.0654 e. The summed E-state index contributed by atoms with van der Waals surface area (Å²) in [5.41, 5.74) is 0. The first-order chi connectivity index (χ1) is 6.41. The molecule has 0 spiro atoms. The Bertz CT molecular complexity index is 66.1. The maximum atomic E-state index is 3.83. The molecule has 2 radical (unpaired) electrons. The van der Waals surface area contributed by atoms with E-state index in [0.717, 1.165) is 6.42 Å². The van der Waals surface area contributed by atoms with Crippen molar-refractivity contribution in [2.45, 2.75) is 71.1 Å². The van der Waals surface area contributed by atoms with Crippen LogP contribution in [0.25, 0.3) is 0 Å². The van der Waals surface area contributed by atoms with Crippen LogP contribution in [0.4, 0.5) is 0 Å². The predicted molar refractivity (Wildman–Crippen MR) is 61.5 cm³/mol. The van der Waals surface area contributed by atoms with Crippen LogP contribution in [-0.4, -0.2) is 0 Å². The molecule has 0 fully saturated rings. The van der Waals surface area contributed by atoms with Gasteiger partial charge in [-0.3, -0.25) is 0 Å². The Morgan fingerprint density at radius 2 is 1.46 bits per heavy atom. The van der Waals surface area contributed by atoms with E-state index in [1.807, 2.05) is 0 Å². The molecular weight excluding hydrogens is 156 g/mol. The van der Waals surface area contributed by atoms with Gasteiger partial charge in [0.15, 0.2) is 0 Å². The molecular formula is C13H26. The molecule has 0 amide bonds. The van der Waals surface area contributed by atoms with Gasteiger partial charge in [-0.2, -0.15) is 0 Å². The van der Waals surface area contributed by atoms with Crippen LogP contribution in [0, 0.1) is 13.3 Å². The molecule has 0 aromatic heterocycles. The monoisotopic (exact) mass is 182 g/mol. The first kappa shape index (κ1) is 13.0. The van der Waals surface area contributed by atoms with Crippen molar-refractivity contribution in [3.63, 3.8) is 0 Å². The van der Waals surface area contributed by atoms with Crippen LogP contribution in [-0.2, 0) is 0 Å². The second kappa shape index (κ2) is 12.0. The van der Waals surface area contributed by atoms with Gasteiger partial charge in [0, 0.05) is 0 Å². The lowest BCUT2D eigenvalue weighted by molar-refractivity contribution is 0.598. The SMILES string of the molecule is [CH2]CCC[CH]CCCCCCCC. The smallest absolute Gasteiger partial charge is 0.0386 e. The summed E-state index contributed by atoms with van der Waals surface area (Å²) in [6, 6.07) is 0. The average Bonchev–Trinajstić information content (AvgIpc) is 2.16. The molecule has 0 saturated heterocycles. The highest BCUT2D eigenvalue weighted by molar-refractivity contribution is 4.64. The van der Waals surface area contributed by atoms with Gasteiger partial charge in [-0.25, -0.2) is 0 Å². The Morgan fingerprint density at radius 3 is 2.15 bits per heavy atom. The van der Waals surface area contributed by atoms with E-state index in [-0.39, 0.29) is 0 Å². The highest BCUT2D eigenvalue weighted by atomic mass is 14.0. The quantitative estimate of drug-likeness (QED) is 0.419. The molecule has 0 saturated carbocycles. The van der Waals surface area contributed by atoms with E-state index in [9.17, 15) is 0 Å². The average molecular weight is 182 g/mol. The molecule has 13 heavy (non-hydrogen) atoms. The second-order valence-electron chi connectivity index (χ2n) is 3.84. The zero-order valence-electron chi connectivity index (χ0n) is 9.36. The van der Waals surface area contributed by atoms with Crippen molar-refractivity contribution in [1.29, 1.82) is 0 Å². The summed E-state index contributed by atoms with van der Waals surface area (Å²) in [5.74, 6) is 0. The van der Waals surface area contributed by atoms with Gasteiger partial charge in [0.05, 0.1) is 0 Å². The van der Waals surface area contributed by atoms with Crippen LogP contribution in [0.3, 0.4) is 0 Å². The van der Waals surface area contributed by atoms with E-state index in [2.05, 4.69) is 20.3 Å². The molecule has 0 aliphatic rings. The number of hydrogen-bond donors (Lipinski definition) is 0. The highest BCUT2D eigenvalue weighted by Crippen LogP contribution is 2.10. The van der Waals surface area contributed by atoms with Crippen LogP contribution in [0.2, 0.25) is 0 Å². The van der Waals surface area contributed by atoms with E-state index >= 15 is 0 Å². The summed E-state index contributed by atoms with van der Waals surface area (Å²) >= 11 is 0. The summed E-state index contributed by atoms with van der Waals surface area (Å²) in [5, 5.41) is 0. The topological polar surface area (TPSA) is 0 Å². The van der Waals surface area contributed by atoms with Crippen molar-refractivity contribution in [3.8, 4) is 0 Å². The minimum atomic E-state index is 1.09. The van der Waals surface area contributed by atoms with Gasteiger partial charge in [-0.05, 0) is 6.42 Å². The Balaban J connectivity index is 2.76. The fourth-order valence-corrected chi connectivity index (χ4v) is 1.50. The molecule has 0 N–H and O–H groups in total. The van der Waals surface area contributed by atoms with Crippen molar-refractivity contribution in [2.75, 3.05) is 0 Å². The summed E-state index contributed by atoms with van der Waals surface area (Å²) in [4.78, 5) is 0. The third-order valence-corrected chi connectivity index (χ3v) is 2.42. The van der Waals surface area contributed by atoms with Crippen molar-refractivity contribution in [2.24, 2.45) is 0 Å². The van der Waals surface area contributed by atoms with Crippen LogP contribution in [0.15, 0.2) is 0 Å². The summed E-state index contributed by atoms with van der Waals surface area (Å²) in [7, 11) is 0. The van der Waals surface area contributed by atoms with E-state index in [4.69, 9.17) is 0 Å². The molecule has 0 heterocycles. The molecule has 78 valence electrons. The van der Waals surface area contributed by atoms with Crippen LogP contribution >= 0.6 is 0 Å². The van der Waals surface area contributed by atoms with Gasteiger partial charge in [-0.1, -0.05) is 78.1 Å². The minimum Gasteiger partial charge on any atom is -0.0654 e. The molecule has 0 unspecified atom stereocenters. The predicted octanol–water partition coefficient (Wildman–Crippen LogP) is 4.95. The van der Waals surface area contributed by atoms with Gasteiger partial charge in [0.25, 0.3) is 0 Å². The highest BCUT2D eigenvalue weighted by Gasteiger charge is 1.91. The Morgan fingerprint density at radius 1 is 0.846 bits per heavy atom.